The van der Waals surface area contributed by atoms with E-state index in [1.807, 2.05) is 19.1 Å². The zero-order chi connectivity index (χ0) is 25.2. The summed E-state index contributed by atoms with van der Waals surface area (Å²) in [5.74, 6) is -1.30. The van der Waals surface area contributed by atoms with Gasteiger partial charge in [-0.05, 0) is 76.2 Å². The predicted octanol–water partition coefficient (Wildman–Crippen LogP) is 5.76. The Kier molecular flexibility index (Phi) is 8.23. The van der Waals surface area contributed by atoms with Crippen LogP contribution in [0.5, 0.6) is 0 Å². The number of hydrogen-bond donors (Lipinski definition) is 0. The fourth-order valence-electron chi connectivity index (χ4n) is 5.09. The van der Waals surface area contributed by atoms with Crippen molar-refractivity contribution in [3.8, 4) is 0 Å². The van der Waals surface area contributed by atoms with E-state index in [2.05, 4.69) is 14.9 Å². The summed E-state index contributed by atoms with van der Waals surface area (Å²) >= 11 is 12.1. The summed E-state index contributed by atoms with van der Waals surface area (Å²) in [6, 6.07) is 5.75. The van der Waals surface area contributed by atoms with Crippen molar-refractivity contribution in [2.45, 2.75) is 57.7 Å². The Morgan fingerprint density at radius 1 is 1.00 bits per heavy atom. The molecule has 0 spiro atoms. The SMILES string of the molecule is Cc1c(CCc2ccc(Cl)c(Cl)c2)ncnc1C(=O)N1CCC(N2CCC(C(F)(F)F)CC2)CC1. The number of hydrogen-bond acceptors (Lipinski definition) is 4. The second-order valence-electron chi connectivity index (χ2n) is 9.42. The summed E-state index contributed by atoms with van der Waals surface area (Å²) < 4.78 is 38.9. The lowest BCUT2D eigenvalue weighted by atomic mass is 9.93. The molecule has 1 aromatic heterocycles. The van der Waals surface area contributed by atoms with Crippen molar-refractivity contribution in [1.29, 1.82) is 0 Å². The molecule has 0 atom stereocenters. The van der Waals surface area contributed by atoms with Crippen LogP contribution in [0.1, 0.15) is 53.0 Å². The van der Waals surface area contributed by atoms with E-state index in [0.717, 1.165) is 29.7 Å². The minimum Gasteiger partial charge on any atom is -0.337 e. The number of halogens is 5. The maximum Gasteiger partial charge on any atom is 0.391 e. The highest BCUT2D eigenvalue weighted by Gasteiger charge is 2.42. The van der Waals surface area contributed by atoms with Gasteiger partial charge in [-0.15, -0.1) is 0 Å². The summed E-state index contributed by atoms with van der Waals surface area (Å²) in [4.78, 5) is 25.9. The molecule has 2 saturated heterocycles. The third kappa shape index (κ3) is 6.27. The first-order valence-corrected chi connectivity index (χ1v) is 12.7. The maximum absolute atomic E-state index is 13.2. The van der Waals surface area contributed by atoms with E-state index in [4.69, 9.17) is 23.2 Å². The van der Waals surface area contributed by atoms with Crippen LogP contribution < -0.4 is 0 Å². The number of aryl methyl sites for hydroxylation is 2. The molecule has 5 nitrogen and oxygen atoms in total. The van der Waals surface area contributed by atoms with Gasteiger partial charge in [0.05, 0.1) is 16.0 Å². The highest BCUT2D eigenvalue weighted by atomic mass is 35.5. The Morgan fingerprint density at radius 2 is 1.69 bits per heavy atom. The molecular formula is C25H29Cl2F3N4O. The molecule has 0 radical (unpaired) electrons. The second-order valence-corrected chi connectivity index (χ2v) is 10.2. The molecule has 4 rings (SSSR count). The molecule has 1 aromatic carbocycles. The summed E-state index contributed by atoms with van der Waals surface area (Å²) in [6.07, 6.45) is 0.524. The molecule has 35 heavy (non-hydrogen) atoms. The van der Waals surface area contributed by atoms with Crippen LogP contribution in [-0.4, -0.2) is 64.1 Å². The molecule has 0 aliphatic carbocycles. The topological polar surface area (TPSA) is 49.3 Å². The van der Waals surface area contributed by atoms with Crippen LogP contribution in [0.3, 0.4) is 0 Å². The lowest BCUT2D eigenvalue weighted by Crippen LogP contribution is -2.50. The van der Waals surface area contributed by atoms with Crippen LogP contribution in [0.4, 0.5) is 13.2 Å². The Bertz CT molecular complexity index is 1050. The Morgan fingerprint density at radius 3 is 2.31 bits per heavy atom. The van der Waals surface area contributed by atoms with Gasteiger partial charge >= 0.3 is 6.18 Å². The number of carbonyl (C=O) groups is 1. The van der Waals surface area contributed by atoms with Crippen LogP contribution in [-0.2, 0) is 12.8 Å². The van der Waals surface area contributed by atoms with Gasteiger partial charge in [0.15, 0.2) is 0 Å². The highest BCUT2D eigenvalue weighted by Crippen LogP contribution is 2.35. The fourth-order valence-corrected chi connectivity index (χ4v) is 5.41. The van der Waals surface area contributed by atoms with Crippen molar-refractivity contribution in [3.05, 3.63) is 57.1 Å². The lowest BCUT2D eigenvalue weighted by Gasteiger charge is -2.42. The van der Waals surface area contributed by atoms with Gasteiger partial charge in [0.25, 0.3) is 5.91 Å². The number of rotatable bonds is 5. The van der Waals surface area contributed by atoms with E-state index in [1.165, 1.54) is 6.33 Å². The molecule has 2 aromatic rings. The average Bonchev–Trinajstić information content (AvgIpc) is 2.85. The van der Waals surface area contributed by atoms with Crippen LogP contribution in [0.2, 0.25) is 10.0 Å². The molecule has 3 heterocycles. The number of nitrogens with zero attached hydrogens (tertiary/aromatic N) is 4. The quantitative estimate of drug-likeness (QED) is 0.495. The third-order valence-corrected chi connectivity index (χ3v) is 8.03. The van der Waals surface area contributed by atoms with Crippen molar-refractivity contribution in [2.75, 3.05) is 26.2 Å². The smallest absolute Gasteiger partial charge is 0.337 e. The van der Waals surface area contributed by atoms with E-state index in [9.17, 15) is 18.0 Å². The number of amides is 1. The maximum atomic E-state index is 13.2. The summed E-state index contributed by atoms with van der Waals surface area (Å²) in [5.41, 5.74) is 3.03. The van der Waals surface area contributed by atoms with Gasteiger partial charge in [0, 0.05) is 30.4 Å². The minimum atomic E-state index is -4.10. The van der Waals surface area contributed by atoms with Gasteiger partial charge in [0.1, 0.15) is 12.0 Å². The highest BCUT2D eigenvalue weighted by molar-refractivity contribution is 6.42. The van der Waals surface area contributed by atoms with E-state index < -0.39 is 12.1 Å². The third-order valence-electron chi connectivity index (χ3n) is 7.29. The molecule has 190 valence electrons. The average molecular weight is 529 g/mol. The van der Waals surface area contributed by atoms with Crippen molar-refractivity contribution in [1.82, 2.24) is 19.8 Å². The van der Waals surface area contributed by atoms with Gasteiger partial charge in [-0.25, -0.2) is 9.97 Å². The molecule has 10 heteroatoms. The number of carbonyl (C=O) groups excluding carboxylic acids is 1. The molecule has 1 amide bonds. The van der Waals surface area contributed by atoms with Crippen LogP contribution in [0, 0.1) is 12.8 Å². The van der Waals surface area contributed by atoms with Crippen LogP contribution in [0.25, 0.3) is 0 Å². The van der Waals surface area contributed by atoms with E-state index in [0.29, 0.717) is 54.8 Å². The predicted molar refractivity (Wildman–Crippen MR) is 130 cm³/mol. The standard InChI is InChI=1S/C25H29Cl2F3N4O/c1-16-22(5-3-17-2-4-20(26)21(27)14-17)31-15-32-23(16)24(35)34-12-8-19(9-13-34)33-10-6-18(7-11-33)25(28,29)30/h2,4,14-15,18-19H,3,5-13H2,1H3. The Balaban J connectivity index is 1.32. The Labute approximate surface area is 213 Å². The van der Waals surface area contributed by atoms with E-state index in [-0.39, 0.29) is 24.8 Å². The first-order chi connectivity index (χ1) is 16.6. The minimum absolute atomic E-state index is 0.116. The number of piperidine rings is 2. The van der Waals surface area contributed by atoms with E-state index >= 15 is 0 Å². The largest absolute Gasteiger partial charge is 0.391 e. The van der Waals surface area contributed by atoms with Crippen LogP contribution in [0.15, 0.2) is 24.5 Å². The van der Waals surface area contributed by atoms with Crippen molar-refractivity contribution < 1.29 is 18.0 Å². The molecule has 0 N–H and O–H groups in total. The summed E-state index contributed by atoms with van der Waals surface area (Å²) in [6.45, 7) is 3.95. The number of alkyl halides is 3. The number of aromatic nitrogens is 2. The molecule has 2 aliphatic rings. The van der Waals surface area contributed by atoms with Crippen molar-refractivity contribution in [3.63, 3.8) is 0 Å². The monoisotopic (exact) mass is 528 g/mol. The van der Waals surface area contributed by atoms with Crippen molar-refractivity contribution in [2.24, 2.45) is 5.92 Å². The lowest BCUT2D eigenvalue weighted by molar-refractivity contribution is -0.186. The van der Waals surface area contributed by atoms with Crippen LogP contribution >= 0.6 is 23.2 Å². The van der Waals surface area contributed by atoms with Gasteiger partial charge in [0.2, 0.25) is 0 Å². The number of benzene rings is 1. The van der Waals surface area contributed by atoms with Gasteiger partial charge in [-0.1, -0.05) is 29.3 Å². The van der Waals surface area contributed by atoms with Gasteiger partial charge < -0.3 is 9.80 Å². The zero-order valence-electron chi connectivity index (χ0n) is 19.6. The number of likely N-dealkylation sites (tertiary alicyclic amines) is 2. The van der Waals surface area contributed by atoms with Gasteiger partial charge in [-0.3, -0.25) is 4.79 Å². The molecule has 2 aliphatic heterocycles. The first kappa shape index (κ1) is 26.2. The molecule has 0 saturated carbocycles. The summed E-state index contributed by atoms with van der Waals surface area (Å²) in [7, 11) is 0. The molecule has 0 bridgehead atoms. The zero-order valence-corrected chi connectivity index (χ0v) is 21.1. The van der Waals surface area contributed by atoms with Crippen molar-refractivity contribution >= 4 is 29.1 Å². The molecule has 0 unspecified atom stereocenters. The summed E-state index contributed by atoms with van der Waals surface area (Å²) in [5, 5.41) is 1.02. The molecular weight excluding hydrogens is 500 g/mol. The van der Waals surface area contributed by atoms with Gasteiger partial charge in [-0.2, -0.15) is 13.2 Å². The van der Waals surface area contributed by atoms with E-state index in [1.54, 1.807) is 11.0 Å². The normalized spacial score (nSPS) is 18.7. The first-order valence-electron chi connectivity index (χ1n) is 12.0. The Hall–Kier alpha value is -1.90. The second kappa shape index (κ2) is 11.0. The fraction of sp³-hybridized carbons (Fsp3) is 0.560. The molecule has 2 fully saturated rings.